The van der Waals surface area contributed by atoms with Crippen LogP contribution in [0, 0.1) is 0 Å². The minimum Gasteiger partial charge on any atom is -0.462 e. The molecule has 0 spiro atoms. The normalized spacial score (nSPS) is 10.8. The number of ether oxygens (including phenoxy) is 1. The molecule has 5 N–H and O–H groups in total. The van der Waals surface area contributed by atoms with Gasteiger partial charge in [-0.05, 0) is 64.5 Å². The third-order valence-corrected chi connectivity index (χ3v) is 5.01. The minimum absolute atomic E-state index is 0.00651. The average molecular weight is 506 g/mol. The van der Waals surface area contributed by atoms with Crippen molar-refractivity contribution >= 4 is 41.0 Å². The van der Waals surface area contributed by atoms with Crippen LogP contribution < -0.4 is 16.0 Å². The van der Waals surface area contributed by atoms with Crippen LogP contribution >= 0.6 is 0 Å². The van der Waals surface area contributed by atoms with Gasteiger partial charge < -0.3 is 25.3 Å². The summed E-state index contributed by atoms with van der Waals surface area (Å²) in [5, 5.41) is 8.61. The maximum atomic E-state index is 12.8. The van der Waals surface area contributed by atoms with Gasteiger partial charge in [0.15, 0.2) is 5.69 Å². The van der Waals surface area contributed by atoms with Gasteiger partial charge in [0.2, 0.25) is 5.95 Å². The topological polar surface area (TPSA) is 154 Å². The van der Waals surface area contributed by atoms with Crippen molar-refractivity contribution in [1.29, 1.82) is 0 Å². The van der Waals surface area contributed by atoms with Crippen LogP contribution in [0.5, 0.6) is 0 Å². The monoisotopic (exact) mass is 505 g/mol. The number of hydrogen-bond donors (Lipinski definition) is 5. The molecule has 11 nitrogen and oxygen atoms in total. The van der Waals surface area contributed by atoms with Gasteiger partial charge in [-0.1, -0.05) is 30.3 Å². The quantitative estimate of drug-likeness (QED) is 0.230. The summed E-state index contributed by atoms with van der Waals surface area (Å²) in [5.74, 6) is -0.692. The molecule has 2 aromatic heterocycles. The largest absolute Gasteiger partial charge is 0.462 e. The van der Waals surface area contributed by atoms with Crippen molar-refractivity contribution in [3.8, 4) is 0 Å². The molecule has 0 saturated heterocycles. The van der Waals surface area contributed by atoms with Crippen molar-refractivity contribution in [2.75, 3.05) is 24.2 Å². The van der Waals surface area contributed by atoms with Crippen molar-refractivity contribution in [2.24, 2.45) is 0 Å². The van der Waals surface area contributed by atoms with Crippen LogP contribution in [-0.2, 0) is 16.0 Å². The van der Waals surface area contributed by atoms with Crippen LogP contribution in [0.3, 0.4) is 0 Å². The molecule has 2 heterocycles. The van der Waals surface area contributed by atoms with Gasteiger partial charge in [-0.15, -0.1) is 0 Å². The molecule has 0 fully saturated rings. The molecular weight excluding hydrogens is 474 g/mol. The Balaban J connectivity index is 0.000000479. The molecule has 4 rings (SSSR count). The van der Waals surface area contributed by atoms with Crippen LogP contribution in [0.15, 0.2) is 54.9 Å². The highest BCUT2D eigenvalue weighted by atomic mass is 16.5. The molecule has 0 unspecified atom stereocenters. The number of aromatic amines is 2. The highest BCUT2D eigenvalue weighted by Crippen LogP contribution is 2.18. The van der Waals surface area contributed by atoms with E-state index in [0.717, 1.165) is 29.6 Å². The van der Waals surface area contributed by atoms with Crippen LogP contribution in [0.4, 0.5) is 11.6 Å². The van der Waals surface area contributed by atoms with E-state index in [4.69, 9.17) is 0 Å². The lowest BCUT2D eigenvalue weighted by molar-refractivity contribution is -0.138. The lowest BCUT2D eigenvalue weighted by Crippen LogP contribution is -2.21. The Bertz CT molecular complexity index is 1320. The van der Waals surface area contributed by atoms with Crippen molar-refractivity contribution in [1.82, 2.24) is 25.3 Å². The van der Waals surface area contributed by atoms with Crippen LogP contribution in [0.1, 0.15) is 47.3 Å². The molecule has 0 bridgehead atoms. The number of fused-ring (bicyclic) bond motifs is 1. The molecule has 0 atom stereocenters. The number of carbonyl (C=O) groups is 3. The van der Waals surface area contributed by atoms with Gasteiger partial charge >= 0.3 is 0 Å². The Morgan fingerprint density at radius 3 is 2.43 bits per heavy atom. The molecule has 2 amide bonds. The maximum Gasteiger partial charge on any atom is 0.293 e. The van der Waals surface area contributed by atoms with E-state index >= 15 is 0 Å². The summed E-state index contributed by atoms with van der Waals surface area (Å²) in [6, 6.07) is 15.0. The summed E-state index contributed by atoms with van der Waals surface area (Å²) < 4.78 is 4.55. The van der Waals surface area contributed by atoms with Gasteiger partial charge in [0.1, 0.15) is 11.3 Å². The highest BCUT2D eigenvalue weighted by molar-refractivity contribution is 6.13. The predicted octanol–water partition coefficient (Wildman–Crippen LogP) is 3.51. The molecule has 0 aliphatic carbocycles. The predicted molar refractivity (Wildman–Crippen MR) is 142 cm³/mol. The van der Waals surface area contributed by atoms with Crippen LogP contribution in [0.25, 0.3) is 11.0 Å². The number of benzene rings is 2. The lowest BCUT2D eigenvalue weighted by Gasteiger charge is -2.14. The third-order valence-electron chi connectivity index (χ3n) is 5.01. The first-order valence-electron chi connectivity index (χ1n) is 11.7. The molecular formula is C26H31N7O4. The van der Waals surface area contributed by atoms with E-state index in [-0.39, 0.29) is 17.0 Å². The van der Waals surface area contributed by atoms with E-state index in [1.54, 1.807) is 0 Å². The van der Waals surface area contributed by atoms with E-state index in [0.29, 0.717) is 18.1 Å². The number of rotatable bonds is 8. The molecule has 37 heavy (non-hydrogen) atoms. The third kappa shape index (κ3) is 7.74. The maximum absolute atomic E-state index is 12.8. The van der Waals surface area contributed by atoms with Gasteiger partial charge in [0.25, 0.3) is 18.3 Å². The average Bonchev–Trinajstić information content (AvgIpc) is 3.50. The Morgan fingerprint density at radius 2 is 1.76 bits per heavy atom. The second kappa shape index (κ2) is 12.5. The lowest BCUT2D eigenvalue weighted by atomic mass is 10.1. The highest BCUT2D eigenvalue weighted by Gasteiger charge is 2.22. The summed E-state index contributed by atoms with van der Waals surface area (Å²) >= 11 is 0. The fourth-order valence-corrected chi connectivity index (χ4v) is 3.27. The second-order valence-electron chi connectivity index (χ2n) is 8.97. The fraction of sp³-hybridized carbons (Fsp3) is 0.269. The smallest absolute Gasteiger partial charge is 0.293 e. The number of aromatic nitrogens is 4. The molecule has 0 aliphatic heterocycles. The molecule has 0 radical (unpaired) electrons. The molecule has 4 aromatic rings. The van der Waals surface area contributed by atoms with Crippen LogP contribution in [-0.4, -0.2) is 57.4 Å². The number of nitrogens with one attached hydrogen (secondary N) is 5. The number of carbonyl (C=O) groups excluding carboxylic acids is 3. The first kappa shape index (κ1) is 27.1. The SMILES string of the molecule is CC(C)(C)OC=O.CNCCc1ccccc1NC(=O)c1nc[nH]c1C(=O)Nc1nc2ccccc2[nH]1. The van der Waals surface area contributed by atoms with E-state index in [1.807, 2.05) is 76.3 Å². The first-order valence-corrected chi connectivity index (χ1v) is 11.7. The first-order chi connectivity index (χ1) is 17.7. The fourth-order valence-electron chi connectivity index (χ4n) is 3.27. The molecule has 2 aromatic carbocycles. The van der Waals surface area contributed by atoms with Crippen molar-refractivity contribution in [2.45, 2.75) is 32.8 Å². The summed E-state index contributed by atoms with van der Waals surface area (Å²) in [4.78, 5) is 49.2. The Labute approximate surface area is 214 Å². The van der Waals surface area contributed by atoms with E-state index in [2.05, 4.69) is 40.6 Å². The summed E-state index contributed by atoms with van der Waals surface area (Å²) in [6.45, 7) is 6.70. The number of likely N-dealkylation sites (N-methyl/N-ethyl adjacent to an activating group) is 1. The zero-order valence-electron chi connectivity index (χ0n) is 21.2. The van der Waals surface area contributed by atoms with Gasteiger partial charge in [0, 0.05) is 5.69 Å². The number of hydrogen-bond acceptors (Lipinski definition) is 7. The summed E-state index contributed by atoms with van der Waals surface area (Å²) in [5.41, 5.74) is 2.95. The number of imidazole rings is 2. The van der Waals surface area contributed by atoms with E-state index in [1.165, 1.54) is 6.33 Å². The number of anilines is 2. The van der Waals surface area contributed by atoms with Gasteiger partial charge in [-0.3, -0.25) is 19.7 Å². The Hall–Kier alpha value is -4.51. The molecule has 194 valence electrons. The number of nitrogens with zero attached hydrogens (tertiary/aromatic N) is 2. The van der Waals surface area contributed by atoms with E-state index in [9.17, 15) is 14.4 Å². The Kier molecular flexibility index (Phi) is 9.11. The number of amides is 2. The van der Waals surface area contributed by atoms with Gasteiger partial charge in [-0.2, -0.15) is 0 Å². The number of para-hydroxylation sites is 3. The summed E-state index contributed by atoms with van der Waals surface area (Å²) in [7, 11) is 1.87. The molecule has 0 saturated carbocycles. The zero-order valence-corrected chi connectivity index (χ0v) is 21.2. The second-order valence-corrected chi connectivity index (χ2v) is 8.97. The molecule has 0 aliphatic rings. The number of H-pyrrole nitrogens is 2. The van der Waals surface area contributed by atoms with Crippen molar-refractivity contribution < 1.29 is 19.1 Å². The van der Waals surface area contributed by atoms with E-state index < -0.39 is 11.8 Å². The van der Waals surface area contributed by atoms with Gasteiger partial charge in [-0.25, -0.2) is 9.97 Å². The van der Waals surface area contributed by atoms with Gasteiger partial charge in [0.05, 0.1) is 17.4 Å². The Morgan fingerprint density at radius 1 is 1.03 bits per heavy atom. The minimum atomic E-state index is -0.514. The summed E-state index contributed by atoms with van der Waals surface area (Å²) in [6.07, 6.45) is 2.07. The zero-order chi connectivity index (χ0) is 26.8. The molecule has 11 heteroatoms. The van der Waals surface area contributed by atoms with Crippen molar-refractivity contribution in [3.63, 3.8) is 0 Å². The standard InChI is InChI=1S/C21H21N7O2.C5H10O2/c1-22-11-10-13-6-2-3-7-14(13)25-19(29)17-18(24-12-23-17)20(30)28-21-26-15-8-4-5-9-16(15)27-21;1-5(2,3)7-4-6/h2-9,12,22H,10-11H2,1H3,(H,23,24)(H,25,29)(H2,26,27,28,30);4H,1-3H3. The van der Waals surface area contributed by atoms with Crippen molar-refractivity contribution in [3.05, 3.63) is 71.8 Å². The van der Waals surface area contributed by atoms with Crippen LogP contribution in [0.2, 0.25) is 0 Å².